The molecule has 0 spiro atoms. The number of amides is 2. The van der Waals surface area contributed by atoms with E-state index in [1.54, 1.807) is 6.92 Å². The zero-order valence-corrected chi connectivity index (χ0v) is 17.1. The summed E-state index contributed by atoms with van der Waals surface area (Å²) >= 11 is 1.32. The minimum atomic E-state index is -0.181. The number of anilines is 1. The molecule has 0 saturated carbocycles. The van der Waals surface area contributed by atoms with Crippen LogP contribution in [0.5, 0.6) is 0 Å². The van der Waals surface area contributed by atoms with Crippen molar-refractivity contribution in [2.75, 3.05) is 5.32 Å². The molecule has 0 saturated heterocycles. The molecule has 28 heavy (non-hydrogen) atoms. The predicted octanol–water partition coefficient (Wildman–Crippen LogP) is 4.86. The number of nitrogens with zero attached hydrogens (tertiary/aromatic N) is 1. The van der Waals surface area contributed by atoms with Gasteiger partial charge in [-0.05, 0) is 50.6 Å². The van der Waals surface area contributed by atoms with Crippen LogP contribution in [0.1, 0.15) is 53.0 Å². The van der Waals surface area contributed by atoms with Gasteiger partial charge < -0.3 is 15.1 Å². The lowest BCUT2D eigenvalue weighted by molar-refractivity contribution is -0.115. The number of thiazole rings is 1. The second-order valence-electron chi connectivity index (χ2n) is 6.56. The van der Waals surface area contributed by atoms with E-state index in [1.807, 2.05) is 57.2 Å². The van der Waals surface area contributed by atoms with Gasteiger partial charge in [-0.1, -0.05) is 19.1 Å². The van der Waals surface area contributed by atoms with Crippen LogP contribution in [0.3, 0.4) is 0 Å². The van der Waals surface area contributed by atoms with Crippen molar-refractivity contribution in [2.24, 2.45) is 0 Å². The molecule has 0 radical (unpaired) electrons. The molecule has 0 aliphatic carbocycles. The molecule has 0 fully saturated rings. The maximum absolute atomic E-state index is 12.7. The first-order valence-electron chi connectivity index (χ1n) is 9.12. The Kier molecular flexibility index (Phi) is 5.94. The standard InChI is InChI=1S/C21H23N3O3S/c1-5-18(25)24-16-9-7-15(8-10-16)13(3)22-20(26)19-14(4)23-21(28-19)17-11-6-12(2)27-17/h6-11,13H,5H2,1-4H3,(H,22,26)(H,24,25). The second kappa shape index (κ2) is 8.39. The van der Waals surface area contributed by atoms with Crippen molar-refractivity contribution in [2.45, 2.75) is 40.2 Å². The van der Waals surface area contributed by atoms with Gasteiger partial charge in [0, 0.05) is 12.1 Å². The molecule has 3 aromatic rings. The lowest BCUT2D eigenvalue weighted by atomic mass is 10.1. The van der Waals surface area contributed by atoms with E-state index in [4.69, 9.17) is 4.42 Å². The highest BCUT2D eigenvalue weighted by Crippen LogP contribution is 2.29. The van der Waals surface area contributed by atoms with E-state index in [-0.39, 0.29) is 17.9 Å². The van der Waals surface area contributed by atoms with Crippen LogP contribution in [0, 0.1) is 13.8 Å². The molecule has 2 heterocycles. The molecule has 2 N–H and O–H groups in total. The first kappa shape index (κ1) is 19.8. The van der Waals surface area contributed by atoms with Crippen LogP contribution in [0.2, 0.25) is 0 Å². The lowest BCUT2D eigenvalue weighted by Gasteiger charge is -2.14. The average Bonchev–Trinajstić information content (AvgIpc) is 3.27. The molecule has 0 bridgehead atoms. The number of hydrogen-bond donors (Lipinski definition) is 2. The summed E-state index contributed by atoms with van der Waals surface area (Å²) in [6.07, 6.45) is 0.433. The number of nitrogens with one attached hydrogen (secondary N) is 2. The highest BCUT2D eigenvalue weighted by molar-refractivity contribution is 7.17. The quantitative estimate of drug-likeness (QED) is 0.622. The topological polar surface area (TPSA) is 84.2 Å². The Hall–Kier alpha value is -2.93. The Bertz CT molecular complexity index is 989. The van der Waals surface area contributed by atoms with Crippen LogP contribution < -0.4 is 10.6 Å². The third-order valence-electron chi connectivity index (χ3n) is 4.32. The van der Waals surface area contributed by atoms with E-state index in [0.29, 0.717) is 27.8 Å². The highest BCUT2D eigenvalue weighted by atomic mass is 32.1. The van der Waals surface area contributed by atoms with Gasteiger partial charge in [-0.25, -0.2) is 4.98 Å². The van der Waals surface area contributed by atoms with Crippen molar-refractivity contribution in [1.82, 2.24) is 10.3 Å². The van der Waals surface area contributed by atoms with Gasteiger partial charge in [0.15, 0.2) is 10.8 Å². The maximum atomic E-state index is 12.7. The summed E-state index contributed by atoms with van der Waals surface area (Å²) < 4.78 is 5.60. The van der Waals surface area contributed by atoms with E-state index in [0.717, 1.165) is 17.0 Å². The molecular weight excluding hydrogens is 374 g/mol. The molecule has 146 valence electrons. The maximum Gasteiger partial charge on any atom is 0.263 e. The van der Waals surface area contributed by atoms with Crippen LogP contribution >= 0.6 is 11.3 Å². The van der Waals surface area contributed by atoms with Gasteiger partial charge in [-0.15, -0.1) is 11.3 Å². The monoisotopic (exact) mass is 397 g/mol. The van der Waals surface area contributed by atoms with Crippen LogP contribution in [-0.4, -0.2) is 16.8 Å². The van der Waals surface area contributed by atoms with E-state index in [9.17, 15) is 9.59 Å². The molecule has 3 rings (SSSR count). The minimum absolute atomic E-state index is 0.0303. The number of aryl methyl sites for hydroxylation is 2. The number of carbonyl (C=O) groups excluding carboxylic acids is 2. The fourth-order valence-corrected chi connectivity index (χ4v) is 3.64. The fraction of sp³-hybridized carbons (Fsp3) is 0.286. The van der Waals surface area contributed by atoms with Gasteiger partial charge >= 0.3 is 0 Å². The van der Waals surface area contributed by atoms with Crippen molar-refractivity contribution in [1.29, 1.82) is 0 Å². The summed E-state index contributed by atoms with van der Waals surface area (Å²) in [5.74, 6) is 1.28. The average molecular weight is 398 g/mol. The van der Waals surface area contributed by atoms with Gasteiger partial charge in [-0.2, -0.15) is 0 Å². The summed E-state index contributed by atoms with van der Waals surface area (Å²) in [5, 5.41) is 6.51. The number of carbonyl (C=O) groups is 2. The van der Waals surface area contributed by atoms with E-state index in [1.165, 1.54) is 11.3 Å². The van der Waals surface area contributed by atoms with E-state index in [2.05, 4.69) is 15.6 Å². The summed E-state index contributed by atoms with van der Waals surface area (Å²) in [4.78, 5) is 29.2. The van der Waals surface area contributed by atoms with E-state index >= 15 is 0 Å². The number of rotatable bonds is 6. The summed E-state index contributed by atoms with van der Waals surface area (Å²) in [6, 6.07) is 11.0. The van der Waals surface area contributed by atoms with Crippen molar-refractivity contribution in [3.63, 3.8) is 0 Å². The molecule has 7 heteroatoms. The number of aromatic nitrogens is 1. The normalized spacial score (nSPS) is 11.9. The number of furan rings is 1. The molecule has 1 aromatic carbocycles. The first-order valence-corrected chi connectivity index (χ1v) is 9.94. The molecule has 1 atom stereocenters. The molecule has 2 aromatic heterocycles. The SMILES string of the molecule is CCC(=O)Nc1ccc(C(C)NC(=O)c2sc(-c3ccc(C)o3)nc2C)cc1. The smallest absolute Gasteiger partial charge is 0.263 e. The van der Waals surface area contributed by atoms with Crippen LogP contribution in [0.4, 0.5) is 5.69 Å². The largest absolute Gasteiger partial charge is 0.459 e. The Morgan fingerprint density at radius 1 is 1.14 bits per heavy atom. The lowest BCUT2D eigenvalue weighted by Crippen LogP contribution is -2.26. The number of benzene rings is 1. The van der Waals surface area contributed by atoms with Crippen LogP contribution in [-0.2, 0) is 4.79 Å². The van der Waals surface area contributed by atoms with Crippen molar-refractivity contribution in [3.8, 4) is 10.8 Å². The van der Waals surface area contributed by atoms with Crippen LogP contribution in [0.25, 0.3) is 10.8 Å². The minimum Gasteiger partial charge on any atom is -0.459 e. The third kappa shape index (κ3) is 4.48. The van der Waals surface area contributed by atoms with E-state index < -0.39 is 0 Å². The van der Waals surface area contributed by atoms with Gasteiger partial charge in [-0.3, -0.25) is 9.59 Å². The van der Waals surface area contributed by atoms with Gasteiger partial charge in [0.05, 0.1) is 11.7 Å². The van der Waals surface area contributed by atoms with Gasteiger partial charge in [0.1, 0.15) is 10.6 Å². The molecule has 1 unspecified atom stereocenters. The molecule has 2 amide bonds. The van der Waals surface area contributed by atoms with Gasteiger partial charge in [0.2, 0.25) is 5.91 Å². The fourth-order valence-electron chi connectivity index (χ4n) is 2.71. The zero-order valence-electron chi connectivity index (χ0n) is 16.3. The summed E-state index contributed by atoms with van der Waals surface area (Å²) in [7, 11) is 0. The highest BCUT2D eigenvalue weighted by Gasteiger charge is 2.19. The third-order valence-corrected chi connectivity index (χ3v) is 5.49. The number of hydrogen-bond acceptors (Lipinski definition) is 5. The Balaban J connectivity index is 1.69. The summed E-state index contributed by atoms with van der Waals surface area (Å²) in [6.45, 7) is 7.42. The molecule has 6 nitrogen and oxygen atoms in total. The Morgan fingerprint density at radius 2 is 1.86 bits per heavy atom. The van der Waals surface area contributed by atoms with Crippen molar-refractivity contribution in [3.05, 3.63) is 58.3 Å². The predicted molar refractivity (Wildman–Crippen MR) is 111 cm³/mol. The molecule has 0 aliphatic heterocycles. The Labute approximate surface area is 168 Å². The molecule has 0 aliphatic rings. The molecular formula is C21H23N3O3S. The van der Waals surface area contributed by atoms with Crippen molar-refractivity contribution >= 4 is 28.8 Å². The van der Waals surface area contributed by atoms with Gasteiger partial charge in [0.25, 0.3) is 5.91 Å². The van der Waals surface area contributed by atoms with Crippen molar-refractivity contribution < 1.29 is 14.0 Å². The first-order chi connectivity index (χ1) is 13.4. The Morgan fingerprint density at radius 3 is 2.46 bits per heavy atom. The van der Waals surface area contributed by atoms with Crippen LogP contribution in [0.15, 0.2) is 40.8 Å². The zero-order chi connectivity index (χ0) is 20.3. The summed E-state index contributed by atoms with van der Waals surface area (Å²) in [5.41, 5.74) is 2.37. The second-order valence-corrected chi connectivity index (χ2v) is 7.56.